The second kappa shape index (κ2) is 13.0. The maximum atomic E-state index is 13.2. The van der Waals surface area contributed by atoms with Crippen molar-refractivity contribution in [3.8, 4) is 5.75 Å². The summed E-state index contributed by atoms with van der Waals surface area (Å²) in [5.74, 6) is 0.588. The maximum Gasteiger partial charge on any atom is 0.242 e. The van der Waals surface area contributed by atoms with Gasteiger partial charge in [0, 0.05) is 39.1 Å². The number of carbonyl (C=O) groups is 2. The van der Waals surface area contributed by atoms with Crippen LogP contribution < -0.4 is 10.1 Å². The van der Waals surface area contributed by atoms with Crippen LogP contribution in [0.15, 0.2) is 54.6 Å². The van der Waals surface area contributed by atoms with Gasteiger partial charge in [0.1, 0.15) is 11.8 Å². The van der Waals surface area contributed by atoms with Gasteiger partial charge in [0.2, 0.25) is 11.8 Å². The molecule has 1 aliphatic heterocycles. The first kappa shape index (κ1) is 24.7. The van der Waals surface area contributed by atoms with Gasteiger partial charge in [-0.1, -0.05) is 42.5 Å². The van der Waals surface area contributed by atoms with Crippen molar-refractivity contribution in [2.45, 2.75) is 32.4 Å². The highest BCUT2D eigenvalue weighted by atomic mass is 16.5. The van der Waals surface area contributed by atoms with E-state index in [0.29, 0.717) is 25.9 Å². The largest absolute Gasteiger partial charge is 0.497 e. The molecule has 0 aliphatic carbocycles. The minimum absolute atomic E-state index is 0.0366. The molecule has 0 saturated carbocycles. The molecule has 33 heavy (non-hydrogen) atoms. The monoisotopic (exact) mass is 453 g/mol. The van der Waals surface area contributed by atoms with Crippen molar-refractivity contribution in [3.63, 3.8) is 0 Å². The summed E-state index contributed by atoms with van der Waals surface area (Å²) in [6.07, 6.45) is 0.996. The van der Waals surface area contributed by atoms with E-state index >= 15 is 0 Å². The molecule has 1 heterocycles. The molecule has 178 valence electrons. The molecular formula is C26H35N3O4. The average molecular weight is 454 g/mol. The number of hydrogen-bond acceptors (Lipinski definition) is 5. The minimum Gasteiger partial charge on any atom is -0.497 e. The van der Waals surface area contributed by atoms with Crippen LogP contribution in [0.3, 0.4) is 0 Å². The molecule has 0 unspecified atom stereocenters. The lowest BCUT2D eigenvalue weighted by Gasteiger charge is -2.30. The predicted molar refractivity (Wildman–Crippen MR) is 128 cm³/mol. The molecule has 0 radical (unpaired) electrons. The van der Waals surface area contributed by atoms with Gasteiger partial charge in [-0.15, -0.1) is 0 Å². The van der Waals surface area contributed by atoms with Crippen LogP contribution >= 0.6 is 0 Å². The van der Waals surface area contributed by atoms with Crippen molar-refractivity contribution in [1.82, 2.24) is 15.1 Å². The van der Waals surface area contributed by atoms with Gasteiger partial charge in [0.05, 0.1) is 20.3 Å². The molecule has 7 heteroatoms. The van der Waals surface area contributed by atoms with Gasteiger partial charge >= 0.3 is 0 Å². The lowest BCUT2D eigenvalue weighted by Crippen LogP contribution is -2.49. The number of carbonyl (C=O) groups excluding carboxylic acids is 2. The maximum absolute atomic E-state index is 13.2. The SMILES string of the molecule is COc1ccc(CN(C(=O)CCc2ccccc2)[C@@H](C)C(=O)NCCN2CCOCC2)cc1. The van der Waals surface area contributed by atoms with Crippen molar-refractivity contribution in [3.05, 3.63) is 65.7 Å². The smallest absolute Gasteiger partial charge is 0.242 e. The summed E-state index contributed by atoms with van der Waals surface area (Å²) in [7, 11) is 1.62. The van der Waals surface area contributed by atoms with Gasteiger partial charge in [0.25, 0.3) is 0 Å². The molecule has 1 N–H and O–H groups in total. The van der Waals surface area contributed by atoms with Gasteiger partial charge < -0.3 is 19.7 Å². The Balaban J connectivity index is 1.61. The zero-order chi connectivity index (χ0) is 23.5. The third-order valence-electron chi connectivity index (χ3n) is 5.98. The molecule has 0 aromatic heterocycles. The summed E-state index contributed by atoms with van der Waals surface area (Å²) in [6.45, 7) is 6.73. The number of methoxy groups -OCH3 is 1. The molecule has 1 atom stereocenters. The summed E-state index contributed by atoms with van der Waals surface area (Å²) in [5.41, 5.74) is 2.06. The van der Waals surface area contributed by atoms with Crippen LogP contribution in [0.4, 0.5) is 0 Å². The van der Waals surface area contributed by atoms with E-state index in [1.54, 1.807) is 18.9 Å². The predicted octanol–water partition coefficient (Wildman–Crippen LogP) is 2.49. The number of nitrogens with one attached hydrogen (secondary N) is 1. The Kier molecular flexibility index (Phi) is 9.72. The second-order valence-corrected chi connectivity index (χ2v) is 8.28. The van der Waals surface area contributed by atoms with Gasteiger partial charge in [-0.25, -0.2) is 0 Å². The van der Waals surface area contributed by atoms with E-state index in [1.165, 1.54) is 0 Å². The second-order valence-electron chi connectivity index (χ2n) is 8.28. The fourth-order valence-corrected chi connectivity index (χ4v) is 3.86. The molecule has 1 saturated heterocycles. The Labute approximate surface area is 196 Å². The molecule has 1 aliphatic rings. The Morgan fingerprint density at radius 2 is 1.76 bits per heavy atom. The molecule has 0 spiro atoms. The molecule has 2 amide bonds. The van der Waals surface area contributed by atoms with Gasteiger partial charge in [0.15, 0.2) is 0 Å². The minimum atomic E-state index is -0.569. The Morgan fingerprint density at radius 1 is 1.06 bits per heavy atom. The number of ether oxygens (including phenoxy) is 2. The Morgan fingerprint density at radius 3 is 2.42 bits per heavy atom. The number of morpholine rings is 1. The van der Waals surface area contributed by atoms with E-state index in [0.717, 1.165) is 49.7 Å². The summed E-state index contributed by atoms with van der Waals surface area (Å²) in [4.78, 5) is 30.1. The third kappa shape index (κ3) is 7.87. The summed E-state index contributed by atoms with van der Waals surface area (Å²) >= 11 is 0. The Bertz CT molecular complexity index is 867. The fraction of sp³-hybridized carbons (Fsp3) is 0.462. The molecule has 1 fully saturated rings. The molecule has 2 aromatic carbocycles. The van der Waals surface area contributed by atoms with E-state index in [1.807, 2.05) is 54.6 Å². The third-order valence-corrected chi connectivity index (χ3v) is 5.98. The highest BCUT2D eigenvalue weighted by molar-refractivity contribution is 5.87. The molecule has 7 nitrogen and oxygen atoms in total. The van der Waals surface area contributed by atoms with Crippen molar-refractivity contribution in [1.29, 1.82) is 0 Å². The number of benzene rings is 2. The van der Waals surface area contributed by atoms with Crippen molar-refractivity contribution < 1.29 is 19.1 Å². The molecule has 3 rings (SSSR count). The normalized spacial score (nSPS) is 15.0. The van der Waals surface area contributed by atoms with E-state index in [2.05, 4.69) is 10.2 Å². The van der Waals surface area contributed by atoms with Gasteiger partial charge in [-0.3, -0.25) is 14.5 Å². The standard InChI is InChI=1S/C26H35N3O4/c1-21(26(31)27-14-15-28-16-18-33-19-17-28)29(20-23-8-11-24(32-2)12-9-23)25(30)13-10-22-6-4-3-5-7-22/h3-9,11-12,21H,10,13-20H2,1-2H3,(H,27,31)/t21-/m0/s1. The van der Waals surface area contributed by atoms with Crippen LogP contribution in [-0.4, -0.2) is 74.2 Å². The zero-order valence-electron chi connectivity index (χ0n) is 19.7. The van der Waals surface area contributed by atoms with Crippen LogP contribution in [0.5, 0.6) is 5.75 Å². The molecule has 0 bridgehead atoms. The quantitative estimate of drug-likeness (QED) is 0.566. The highest BCUT2D eigenvalue weighted by Gasteiger charge is 2.26. The van der Waals surface area contributed by atoms with Crippen LogP contribution in [0.1, 0.15) is 24.5 Å². The summed E-state index contributed by atoms with van der Waals surface area (Å²) in [6, 6.07) is 17.0. The van der Waals surface area contributed by atoms with Crippen molar-refractivity contribution in [2.75, 3.05) is 46.5 Å². The van der Waals surface area contributed by atoms with Crippen molar-refractivity contribution in [2.24, 2.45) is 0 Å². The van der Waals surface area contributed by atoms with E-state index in [9.17, 15) is 9.59 Å². The van der Waals surface area contributed by atoms with Crippen LogP contribution in [0.2, 0.25) is 0 Å². The Hall–Kier alpha value is -2.90. The van der Waals surface area contributed by atoms with Crippen molar-refractivity contribution >= 4 is 11.8 Å². The number of nitrogens with zero attached hydrogens (tertiary/aromatic N) is 2. The average Bonchev–Trinajstić information content (AvgIpc) is 2.87. The van der Waals surface area contributed by atoms with E-state index in [4.69, 9.17) is 9.47 Å². The summed E-state index contributed by atoms with van der Waals surface area (Å²) < 4.78 is 10.6. The van der Waals surface area contributed by atoms with Crippen LogP contribution in [0, 0.1) is 0 Å². The first-order valence-electron chi connectivity index (χ1n) is 11.6. The first-order valence-corrected chi connectivity index (χ1v) is 11.6. The highest BCUT2D eigenvalue weighted by Crippen LogP contribution is 2.16. The van der Waals surface area contributed by atoms with Gasteiger partial charge in [-0.2, -0.15) is 0 Å². The molecule has 2 aromatic rings. The van der Waals surface area contributed by atoms with E-state index in [-0.39, 0.29) is 11.8 Å². The number of rotatable bonds is 11. The zero-order valence-corrected chi connectivity index (χ0v) is 19.7. The number of amides is 2. The van der Waals surface area contributed by atoms with E-state index < -0.39 is 6.04 Å². The first-order chi connectivity index (χ1) is 16.1. The summed E-state index contributed by atoms with van der Waals surface area (Å²) in [5, 5.41) is 3.01. The van der Waals surface area contributed by atoms with Gasteiger partial charge in [-0.05, 0) is 36.6 Å². The fourth-order valence-electron chi connectivity index (χ4n) is 3.86. The lowest BCUT2D eigenvalue weighted by molar-refractivity contribution is -0.140. The topological polar surface area (TPSA) is 71.1 Å². The van der Waals surface area contributed by atoms with Crippen LogP contribution in [-0.2, 0) is 27.3 Å². The molecular weight excluding hydrogens is 418 g/mol. The van der Waals surface area contributed by atoms with Crippen LogP contribution in [0.25, 0.3) is 0 Å². The lowest BCUT2D eigenvalue weighted by atomic mass is 10.1. The number of hydrogen-bond donors (Lipinski definition) is 1. The number of aryl methyl sites for hydroxylation is 1.